The number of hydrogen-bond acceptors (Lipinski definition) is 4. The first-order valence-electron chi connectivity index (χ1n) is 6.22. The molecule has 0 saturated heterocycles. The molecule has 0 saturated carbocycles. The largest absolute Gasteiger partial charge is 0.360 e. The number of fused-ring (bicyclic) bond motifs is 1. The molecule has 96 valence electrons. The Morgan fingerprint density at radius 1 is 0.950 bits per heavy atom. The van der Waals surface area contributed by atoms with E-state index in [4.69, 9.17) is 0 Å². The highest BCUT2D eigenvalue weighted by Gasteiger charge is 2.12. The summed E-state index contributed by atoms with van der Waals surface area (Å²) < 4.78 is 0. The van der Waals surface area contributed by atoms with E-state index in [9.17, 15) is 0 Å². The highest BCUT2D eigenvalue weighted by atomic mass is 32.1. The summed E-state index contributed by atoms with van der Waals surface area (Å²) in [4.78, 5) is 7.38. The second-order valence-corrected chi connectivity index (χ2v) is 5.38. The Labute approximate surface area is 119 Å². The Morgan fingerprint density at radius 3 is 2.75 bits per heavy atom. The van der Waals surface area contributed by atoms with Gasteiger partial charge in [0.15, 0.2) is 0 Å². The third-order valence-corrected chi connectivity index (χ3v) is 4.16. The maximum absolute atomic E-state index is 4.31. The van der Waals surface area contributed by atoms with E-state index >= 15 is 0 Å². The van der Waals surface area contributed by atoms with Gasteiger partial charge in [-0.3, -0.25) is 4.98 Å². The van der Waals surface area contributed by atoms with Gasteiger partial charge in [0.1, 0.15) is 10.0 Å². The number of pyridine rings is 1. The van der Waals surface area contributed by atoms with Crippen LogP contribution < -0.4 is 0 Å². The van der Waals surface area contributed by atoms with Gasteiger partial charge in [-0.25, -0.2) is 0 Å². The minimum absolute atomic E-state index is 0.887. The lowest BCUT2D eigenvalue weighted by atomic mass is 10.2. The standard InChI is InChI=1S/C15H10N4S/c1-2-6-13-11(5-1)12(9-17-13)15-19-18-14(20-15)10-4-3-7-16-8-10/h1-9,17H. The van der Waals surface area contributed by atoms with E-state index in [1.54, 1.807) is 23.7 Å². The second-order valence-electron chi connectivity index (χ2n) is 4.40. The zero-order valence-corrected chi connectivity index (χ0v) is 11.3. The van der Waals surface area contributed by atoms with Gasteiger partial charge in [0.05, 0.1) is 0 Å². The molecule has 0 fully saturated rings. The van der Waals surface area contributed by atoms with E-state index in [1.807, 2.05) is 30.5 Å². The molecule has 0 unspecified atom stereocenters. The van der Waals surface area contributed by atoms with E-state index in [1.165, 1.54) is 5.39 Å². The van der Waals surface area contributed by atoms with E-state index in [0.717, 1.165) is 26.7 Å². The average Bonchev–Trinajstić information content (AvgIpc) is 3.14. The molecule has 3 heterocycles. The molecule has 5 heteroatoms. The summed E-state index contributed by atoms with van der Waals surface area (Å²) in [5, 5.41) is 11.5. The summed E-state index contributed by atoms with van der Waals surface area (Å²) in [6.07, 6.45) is 5.54. The molecule has 0 spiro atoms. The third-order valence-electron chi connectivity index (χ3n) is 3.15. The van der Waals surface area contributed by atoms with Crippen LogP contribution >= 0.6 is 11.3 Å². The summed E-state index contributed by atoms with van der Waals surface area (Å²) in [5.74, 6) is 0. The molecule has 0 amide bonds. The topological polar surface area (TPSA) is 54.5 Å². The van der Waals surface area contributed by atoms with Crippen LogP contribution in [-0.4, -0.2) is 20.2 Å². The number of nitrogens with one attached hydrogen (secondary N) is 1. The fourth-order valence-corrected chi connectivity index (χ4v) is 3.05. The molecule has 4 nitrogen and oxygen atoms in total. The minimum atomic E-state index is 0.887. The average molecular weight is 278 g/mol. The van der Waals surface area contributed by atoms with Crippen molar-refractivity contribution in [1.82, 2.24) is 20.2 Å². The van der Waals surface area contributed by atoms with E-state index in [2.05, 4.69) is 32.3 Å². The van der Waals surface area contributed by atoms with E-state index < -0.39 is 0 Å². The van der Waals surface area contributed by atoms with Gasteiger partial charge < -0.3 is 4.98 Å². The predicted octanol–water partition coefficient (Wildman–Crippen LogP) is 3.75. The lowest BCUT2D eigenvalue weighted by Gasteiger charge is -1.92. The number of benzene rings is 1. The van der Waals surface area contributed by atoms with E-state index in [0.29, 0.717) is 0 Å². The van der Waals surface area contributed by atoms with Crippen LogP contribution in [0.3, 0.4) is 0 Å². The molecule has 3 aromatic heterocycles. The lowest BCUT2D eigenvalue weighted by Crippen LogP contribution is -1.77. The number of aromatic nitrogens is 4. The normalized spacial score (nSPS) is 11.0. The highest BCUT2D eigenvalue weighted by molar-refractivity contribution is 7.18. The minimum Gasteiger partial charge on any atom is -0.360 e. The van der Waals surface area contributed by atoms with Crippen molar-refractivity contribution in [1.29, 1.82) is 0 Å². The Hall–Kier alpha value is -2.53. The predicted molar refractivity (Wildman–Crippen MR) is 80.4 cm³/mol. The summed E-state index contributed by atoms with van der Waals surface area (Å²) >= 11 is 1.58. The van der Waals surface area contributed by atoms with Crippen molar-refractivity contribution in [3.8, 4) is 21.1 Å². The number of nitrogens with zero attached hydrogens (tertiary/aromatic N) is 3. The van der Waals surface area contributed by atoms with Crippen LogP contribution in [-0.2, 0) is 0 Å². The smallest absolute Gasteiger partial charge is 0.150 e. The molecule has 0 atom stereocenters. The van der Waals surface area contributed by atoms with Gasteiger partial charge in [-0.2, -0.15) is 0 Å². The molecule has 0 aliphatic heterocycles. The molecule has 0 aliphatic rings. The summed E-state index contributed by atoms with van der Waals surface area (Å²) in [6.45, 7) is 0. The van der Waals surface area contributed by atoms with Gasteiger partial charge in [-0.05, 0) is 18.2 Å². The molecular formula is C15H10N4S. The zero-order valence-electron chi connectivity index (χ0n) is 10.4. The number of H-pyrrole nitrogens is 1. The molecule has 1 aromatic carbocycles. The van der Waals surface area contributed by atoms with Crippen LogP contribution in [0.25, 0.3) is 32.0 Å². The first-order valence-corrected chi connectivity index (χ1v) is 7.04. The fraction of sp³-hybridized carbons (Fsp3) is 0. The third kappa shape index (κ3) is 1.80. The van der Waals surface area contributed by atoms with Gasteiger partial charge >= 0.3 is 0 Å². The summed E-state index contributed by atoms with van der Waals surface area (Å²) in [7, 11) is 0. The first kappa shape index (κ1) is 11.3. The maximum atomic E-state index is 4.31. The van der Waals surface area contributed by atoms with Crippen molar-refractivity contribution < 1.29 is 0 Å². The van der Waals surface area contributed by atoms with Crippen molar-refractivity contribution in [3.05, 3.63) is 55.0 Å². The van der Waals surface area contributed by atoms with Crippen LogP contribution in [0.1, 0.15) is 0 Å². The van der Waals surface area contributed by atoms with Crippen LogP contribution in [0.4, 0.5) is 0 Å². The van der Waals surface area contributed by atoms with Gasteiger partial charge in [0, 0.05) is 40.6 Å². The van der Waals surface area contributed by atoms with Crippen LogP contribution in [0.15, 0.2) is 55.0 Å². The molecule has 1 N–H and O–H groups in total. The fourth-order valence-electron chi connectivity index (χ4n) is 2.19. The number of hydrogen-bond donors (Lipinski definition) is 1. The molecule has 0 aliphatic carbocycles. The van der Waals surface area contributed by atoms with Crippen LogP contribution in [0, 0.1) is 0 Å². The zero-order chi connectivity index (χ0) is 13.4. The lowest BCUT2D eigenvalue weighted by molar-refractivity contribution is 1.10. The van der Waals surface area contributed by atoms with Gasteiger partial charge in [-0.1, -0.05) is 29.5 Å². The molecule has 4 rings (SSSR count). The van der Waals surface area contributed by atoms with Crippen molar-refractivity contribution in [3.63, 3.8) is 0 Å². The Morgan fingerprint density at radius 2 is 1.85 bits per heavy atom. The van der Waals surface area contributed by atoms with Crippen molar-refractivity contribution in [2.24, 2.45) is 0 Å². The molecule has 20 heavy (non-hydrogen) atoms. The van der Waals surface area contributed by atoms with Crippen molar-refractivity contribution in [2.75, 3.05) is 0 Å². The number of aromatic amines is 1. The summed E-state index contributed by atoms with van der Waals surface area (Å²) in [5.41, 5.74) is 3.20. The Bertz CT molecular complexity index is 864. The highest BCUT2D eigenvalue weighted by Crippen LogP contribution is 2.33. The van der Waals surface area contributed by atoms with Crippen LogP contribution in [0.5, 0.6) is 0 Å². The molecule has 0 bridgehead atoms. The molecule has 4 aromatic rings. The Balaban J connectivity index is 1.82. The monoisotopic (exact) mass is 278 g/mol. The van der Waals surface area contributed by atoms with E-state index in [-0.39, 0.29) is 0 Å². The van der Waals surface area contributed by atoms with Gasteiger partial charge in [0.2, 0.25) is 0 Å². The molecular weight excluding hydrogens is 268 g/mol. The SMILES string of the molecule is c1cncc(-c2nnc(-c3c[nH]c4ccccc34)s2)c1. The second kappa shape index (κ2) is 4.54. The van der Waals surface area contributed by atoms with Crippen LogP contribution in [0.2, 0.25) is 0 Å². The summed E-state index contributed by atoms with van der Waals surface area (Å²) in [6, 6.07) is 12.1. The quantitative estimate of drug-likeness (QED) is 0.607. The first-order chi connectivity index (χ1) is 9.92. The van der Waals surface area contributed by atoms with Crippen molar-refractivity contribution >= 4 is 22.2 Å². The maximum Gasteiger partial charge on any atom is 0.150 e. The Kier molecular flexibility index (Phi) is 2.57. The number of rotatable bonds is 2. The van der Waals surface area contributed by atoms with Crippen molar-refractivity contribution in [2.45, 2.75) is 0 Å². The number of para-hydroxylation sites is 1. The van der Waals surface area contributed by atoms with Gasteiger partial charge in [0.25, 0.3) is 0 Å². The van der Waals surface area contributed by atoms with Gasteiger partial charge in [-0.15, -0.1) is 10.2 Å². The molecule has 0 radical (unpaired) electrons.